The number of fused-ring (bicyclic) bond motifs is 6. The van der Waals surface area contributed by atoms with Crippen LogP contribution in [0.5, 0.6) is 0 Å². The summed E-state index contributed by atoms with van der Waals surface area (Å²) in [5.41, 5.74) is 1.14. The Balaban J connectivity index is 1.25. The average Bonchev–Trinajstić information content (AvgIpc) is 3.88. The minimum atomic E-state index is -0.692. The molecule has 234 valence electrons. The van der Waals surface area contributed by atoms with Gasteiger partial charge in [-0.2, -0.15) is 0 Å². The molecule has 0 aliphatic rings. The van der Waals surface area contributed by atoms with E-state index >= 15 is 0 Å². The van der Waals surface area contributed by atoms with Gasteiger partial charge in [0.05, 0.1) is 19.2 Å². The number of benzene rings is 7. The summed E-state index contributed by atoms with van der Waals surface area (Å²) in [6.07, 6.45) is 0. The molecule has 0 aliphatic carbocycles. The fourth-order valence-electron chi connectivity index (χ4n) is 6.12. The Labute approximate surface area is 306 Å². The lowest BCUT2D eigenvalue weighted by molar-refractivity contribution is 0.669. The summed E-state index contributed by atoms with van der Waals surface area (Å²) in [4.78, 5) is 14.3. The molecule has 50 heavy (non-hydrogen) atoms. The normalized spacial score (nSPS) is 15.5. The molecule has 3 aromatic heterocycles. The third kappa shape index (κ3) is 4.67. The highest BCUT2D eigenvalue weighted by Crippen LogP contribution is 2.42. The molecule has 10 rings (SSSR count). The summed E-state index contributed by atoms with van der Waals surface area (Å²) in [5.74, 6) is -0.160. The van der Waals surface area contributed by atoms with E-state index in [0.29, 0.717) is 38.6 Å². The molecule has 0 aliphatic heterocycles. The zero-order valence-electron chi connectivity index (χ0n) is 39.7. The van der Waals surface area contributed by atoms with Gasteiger partial charge in [0.1, 0.15) is 22.3 Å². The van der Waals surface area contributed by atoms with Crippen molar-refractivity contribution in [1.82, 2.24) is 15.0 Å². The predicted molar refractivity (Wildman–Crippen MR) is 202 cm³/mol. The molecule has 0 amide bonds. The van der Waals surface area contributed by atoms with Crippen LogP contribution in [0, 0.1) is 0 Å². The molecule has 0 spiro atoms. The van der Waals surface area contributed by atoms with E-state index in [1.807, 2.05) is 30.3 Å². The van der Waals surface area contributed by atoms with E-state index in [4.69, 9.17) is 35.3 Å². The molecule has 0 radical (unpaired) electrons. The second kappa shape index (κ2) is 11.4. The fourth-order valence-corrected chi connectivity index (χ4v) is 6.12. The van der Waals surface area contributed by atoms with Gasteiger partial charge in [0.15, 0.2) is 17.5 Å². The van der Waals surface area contributed by atoms with Crippen molar-refractivity contribution in [2.45, 2.75) is 0 Å². The molecule has 0 unspecified atom stereocenters. The van der Waals surface area contributed by atoms with E-state index in [1.54, 1.807) is 42.5 Å². The summed E-state index contributed by atoms with van der Waals surface area (Å²) in [5, 5.41) is 2.63. The first-order valence-electron chi connectivity index (χ1n) is 22.5. The molecule has 0 fully saturated rings. The quantitative estimate of drug-likeness (QED) is 0.185. The highest BCUT2D eigenvalue weighted by atomic mass is 16.3. The Morgan fingerprint density at radius 1 is 0.400 bits per heavy atom. The van der Waals surface area contributed by atoms with Gasteiger partial charge in [-0.25, -0.2) is 15.0 Å². The van der Waals surface area contributed by atoms with E-state index in [-0.39, 0.29) is 39.7 Å². The van der Waals surface area contributed by atoms with Gasteiger partial charge in [-0.3, -0.25) is 0 Å². The molecule has 0 N–H and O–H groups in total. The Morgan fingerprint density at radius 3 is 1.72 bits per heavy atom. The Kier molecular flexibility index (Phi) is 3.99. The average molecular weight is 656 g/mol. The van der Waals surface area contributed by atoms with Gasteiger partial charge in [0, 0.05) is 43.8 Å². The van der Waals surface area contributed by atoms with Crippen LogP contribution in [0.4, 0.5) is 0 Å². The lowest BCUT2D eigenvalue weighted by atomic mass is 9.96. The summed E-state index contributed by atoms with van der Waals surface area (Å²) >= 11 is 0. The van der Waals surface area contributed by atoms with Crippen LogP contribution in [0.2, 0.25) is 0 Å². The maximum absolute atomic E-state index is 9.20. The van der Waals surface area contributed by atoms with E-state index < -0.39 is 95.7 Å². The lowest BCUT2D eigenvalue weighted by Gasteiger charge is -2.11. The lowest BCUT2D eigenvalue weighted by Crippen LogP contribution is -2.00. The van der Waals surface area contributed by atoms with Crippen molar-refractivity contribution in [2.75, 3.05) is 0 Å². The predicted octanol–water partition coefficient (Wildman–Crippen LogP) is 12.0. The molecule has 10 aromatic rings. The monoisotopic (exact) mass is 655 g/mol. The SMILES string of the molecule is [2H]c1c([2H])c([2H])c(-c2nc(-c3ccc4c(c3)oc3ccccc34)nc(-c3ccc(-c4c([2H])c([2H])c(-c5c([2H])c([2H])c([2H])c([2H])c5[2H])c([2H])c4[2H])c4oc5ccccc5c34)n2)c([2H])c1[2H]. The minimum Gasteiger partial charge on any atom is -0.456 e. The zero-order valence-corrected chi connectivity index (χ0v) is 25.7. The van der Waals surface area contributed by atoms with Crippen LogP contribution < -0.4 is 0 Å². The second-order valence-electron chi connectivity index (χ2n) is 11.3. The molecule has 0 saturated heterocycles. The van der Waals surface area contributed by atoms with Crippen LogP contribution in [-0.4, -0.2) is 15.0 Å². The number of rotatable bonds is 5. The molecule has 7 aromatic carbocycles. The zero-order chi connectivity index (χ0) is 45.2. The summed E-state index contributed by atoms with van der Waals surface area (Å²) in [6, 6.07) is 14.3. The smallest absolute Gasteiger partial charge is 0.164 e. The first-order valence-corrected chi connectivity index (χ1v) is 15.5. The number of hydrogen-bond donors (Lipinski definition) is 0. The van der Waals surface area contributed by atoms with E-state index in [2.05, 4.69) is 4.98 Å². The Bertz CT molecular complexity index is 3610. The van der Waals surface area contributed by atoms with Gasteiger partial charge >= 0.3 is 0 Å². The largest absolute Gasteiger partial charge is 0.456 e. The van der Waals surface area contributed by atoms with Crippen LogP contribution in [0.3, 0.4) is 0 Å². The van der Waals surface area contributed by atoms with Gasteiger partial charge in [-0.05, 0) is 53.1 Å². The number of furan rings is 2. The van der Waals surface area contributed by atoms with Crippen molar-refractivity contribution in [3.8, 4) is 56.4 Å². The summed E-state index contributed by atoms with van der Waals surface area (Å²) in [7, 11) is 0. The van der Waals surface area contributed by atoms with Crippen LogP contribution in [-0.2, 0) is 0 Å². The number of nitrogens with zero attached hydrogens (tertiary/aromatic N) is 3. The maximum Gasteiger partial charge on any atom is 0.164 e. The number of aromatic nitrogens is 3. The Morgan fingerprint density at radius 2 is 0.960 bits per heavy atom. The van der Waals surface area contributed by atoms with E-state index in [0.717, 1.165) is 10.8 Å². The molecule has 3 heterocycles. The van der Waals surface area contributed by atoms with Crippen LogP contribution in [0.15, 0.2) is 172 Å². The van der Waals surface area contributed by atoms with Crippen LogP contribution in [0.1, 0.15) is 19.2 Å². The second-order valence-corrected chi connectivity index (χ2v) is 11.3. The molecule has 0 saturated carbocycles. The number of para-hydroxylation sites is 2. The first kappa shape index (κ1) is 17.5. The molecule has 0 atom stereocenters. The van der Waals surface area contributed by atoms with Crippen molar-refractivity contribution >= 4 is 43.9 Å². The van der Waals surface area contributed by atoms with Crippen molar-refractivity contribution in [3.05, 3.63) is 163 Å². The van der Waals surface area contributed by atoms with Crippen molar-refractivity contribution in [1.29, 1.82) is 0 Å². The summed E-state index contributed by atoms with van der Waals surface area (Å²) in [6.45, 7) is 0. The van der Waals surface area contributed by atoms with Crippen molar-refractivity contribution in [2.24, 2.45) is 0 Å². The van der Waals surface area contributed by atoms with Gasteiger partial charge in [0.25, 0.3) is 0 Å². The van der Waals surface area contributed by atoms with Crippen molar-refractivity contribution < 1.29 is 28.0 Å². The van der Waals surface area contributed by atoms with Gasteiger partial charge < -0.3 is 8.83 Å². The molecule has 5 heteroatoms. The fraction of sp³-hybridized carbons (Fsp3) is 0. The third-order valence-corrected chi connectivity index (χ3v) is 8.41. The molecular formula is C45H27N3O2. The standard InChI is InChI=1S/C45H27N3O2/c1-3-11-28(12-4-1)29-19-21-30(22-20-29)33-25-26-37(41-36-16-8-10-18-39(36)50-42(33)41)45-47-43(31-13-5-2-6-14-31)46-44(48-45)32-23-24-35-34-15-7-9-17-38(34)49-40(35)27-32/h1-27H/i1D,2D,3D,4D,5D,6D,11D,12D,13D,14D,19D,20D,21D,22D. The van der Waals surface area contributed by atoms with Crippen LogP contribution >= 0.6 is 0 Å². The van der Waals surface area contributed by atoms with Gasteiger partial charge in [-0.15, -0.1) is 0 Å². The number of hydrogen-bond acceptors (Lipinski definition) is 5. The highest BCUT2D eigenvalue weighted by Gasteiger charge is 2.21. The third-order valence-electron chi connectivity index (χ3n) is 8.41. The molecular weight excluding hydrogens is 615 g/mol. The summed E-state index contributed by atoms with van der Waals surface area (Å²) < 4.78 is 133. The van der Waals surface area contributed by atoms with Gasteiger partial charge in [-0.1, -0.05) is 127 Å². The van der Waals surface area contributed by atoms with Crippen LogP contribution in [0.25, 0.3) is 100 Å². The first-order chi connectivity index (χ1) is 30.6. The van der Waals surface area contributed by atoms with E-state index in [1.165, 1.54) is 6.07 Å². The highest BCUT2D eigenvalue weighted by molar-refractivity contribution is 6.16. The maximum atomic E-state index is 9.20. The van der Waals surface area contributed by atoms with Crippen molar-refractivity contribution in [3.63, 3.8) is 0 Å². The molecule has 5 nitrogen and oxygen atoms in total. The van der Waals surface area contributed by atoms with Gasteiger partial charge in [0.2, 0.25) is 0 Å². The van der Waals surface area contributed by atoms with E-state index in [9.17, 15) is 2.74 Å². The topological polar surface area (TPSA) is 65.0 Å². The minimum absolute atomic E-state index is 0.00397. The Hall–Kier alpha value is -6.85. The molecule has 0 bridgehead atoms.